The highest BCUT2D eigenvalue weighted by molar-refractivity contribution is 9.09. The second-order valence-corrected chi connectivity index (χ2v) is 4.71. The molecule has 0 aromatic heterocycles. The van der Waals surface area contributed by atoms with Gasteiger partial charge >= 0.3 is 0 Å². The third-order valence-electron chi connectivity index (χ3n) is 2.34. The number of hydrogen-bond donors (Lipinski definition) is 0. The summed E-state index contributed by atoms with van der Waals surface area (Å²) in [7, 11) is 0. The van der Waals surface area contributed by atoms with Crippen LogP contribution in [0.4, 0.5) is 0 Å². The molecule has 0 fully saturated rings. The number of hydrogen-bond acceptors (Lipinski definition) is 2. The van der Waals surface area contributed by atoms with Gasteiger partial charge in [0, 0.05) is 11.3 Å². The average molecular weight is 287 g/mol. The van der Waals surface area contributed by atoms with Crippen LogP contribution in [0.5, 0.6) is 0 Å². The van der Waals surface area contributed by atoms with Gasteiger partial charge in [-0.25, -0.2) is 0 Å². The molecule has 82 valence electrons. The number of carbonyl (C=O) groups is 1. The lowest BCUT2D eigenvalue weighted by Crippen LogP contribution is -2.06. The highest BCUT2D eigenvalue weighted by Gasteiger charge is 2.09. The van der Waals surface area contributed by atoms with Crippen LogP contribution < -0.4 is 0 Å². The van der Waals surface area contributed by atoms with E-state index in [-0.39, 0.29) is 5.78 Å². The molecule has 3 heteroatoms. The fourth-order valence-corrected chi connectivity index (χ4v) is 2.56. The SMILES string of the molecule is CCc1c(CC(=O)CBr)cccc1SC. The van der Waals surface area contributed by atoms with Crippen molar-refractivity contribution < 1.29 is 4.79 Å². The van der Waals surface area contributed by atoms with E-state index in [4.69, 9.17) is 0 Å². The largest absolute Gasteiger partial charge is 0.298 e. The Balaban J connectivity index is 3.00. The topological polar surface area (TPSA) is 17.1 Å². The standard InChI is InChI=1S/C12H15BrOS/c1-3-11-9(7-10(14)8-13)5-4-6-12(11)15-2/h4-6H,3,7-8H2,1-2H3. The molecule has 0 aliphatic heterocycles. The van der Waals surface area contributed by atoms with Gasteiger partial charge in [0.2, 0.25) is 0 Å². The van der Waals surface area contributed by atoms with E-state index in [1.807, 2.05) is 6.07 Å². The van der Waals surface area contributed by atoms with E-state index >= 15 is 0 Å². The lowest BCUT2D eigenvalue weighted by atomic mass is 10.0. The van der Waals surface area contributed by atoms with Gasteiger partial charge in [0.25, 0.3) is 0 Å². The molecule has 0 unspecified atom stereocenters. The number of thioether (sulfide) groups is 1. The summed E-state index contributed by atoms with van der Waals surface area (Å²) < 4.78 is 0. The van der Waals surface area contributed by atoms with E-state index in [0.29, 0.717) is 11.8 Å². The number of benzene rings is 1. The van der Waals surface area contributed by atoms with Crippen molar-refractivity contribution in [1.29, 1.82) is 0 Å². The van der Waals surface area contributed by atoms with Crippen LogP contribution in [0.25, 0.3) is 0 Å². The maximum absolute atomic E-state index is 11.4. The number of ketones is 1. The Bertz CT molecular complexity index is 349. The second kappa shape index (κ2) is 6.33. The zero-order valence-electron chi connectivity index (χ0n) is 9.05. The second-order valence-electron chi connectivity index (χ2n) is 3.30. The van der Waals surface area contributed by atoms with Crippen molar-refractivity contribution in [2.45, 2.75) is 24.7 Å². The third kappa shape index (κ3) is 3.35. The predicted molar refractivity (Wildman–Crippen MR) is 70.1 cm³/mol. The first kappa shape index (κ1) is 12.8. The van der Waals surface area contributed by atoms with Crippen molar-refractivity contribution in [3.05, 3.63) is 29.3 Å². The summed E-state index contributed by atoms with van der Waals surface area (Å²) in [4.78, 5) is 12.7. The maximum atomic E-state index is 11.4. The fraction of sp³-hybridized carbons (Fsp3) is 0.417. The molecular formula is C12H15BrOS. The Kier molecular flexibility index (Phi) is 5.40. The molecule has 0 saturated carbocycles. The monoisotopic (exact) mass is 286 g/mol. The number of rotatable bonds is 5. The maximum Gasteiger partial charge on any atom is 0.147 e. The molecule has 1 rings (SSSR count). The van der Waals surface area contributed by atoms with Gasteiger partial charge in [0.1, 0.15) is 5.78 Å². The third-order valence-corrected chi connectivity index (χ3v) is 3.79. The van der Waals surface area contributed by atoms with Gasteiger partial charge in [-0.05, 0) is 29.9 Å². The molecule has 15 heavy (non-hydrogen) atoms. The molecule has 0 aliphatic rings. The summed E-state index contributed by atoms with van der Waals surface area (Å²) in [5.41, 5.74) is 2.49. The lowest BCUT2D eigenvalue weighted by Gasteiger charge is -2.10. The number of alkyl halides is 1. The number of halogens is 1. The van der Waals surface area contributed by atoms with Crippen LogP contribution >= 0.6 is 27.7 Å². The molecular weight excluding hydrogens is 272 g/mol. The zero-order chi connectivity index (χ0) is 11.3. The smallest absolute Gasteiger partial charge is 0.147 e. The van der Waals surface area contributed by atoms with Gasteiger partial charge in [-0.2, -0.15) is 0 Å². The number of Topliss-reactive ketones (excluding diaryl/α,β-unsaturated/α-hetero) is 1. The quantitative estimate of drug-likeness (QED) is 0.609. The summed E-state index contributed by atoms with van der Waals surface area (Å²) in [6.07, 6.45) is 3.61. The van der Waals surface area contributed by atoms with Gasteiger partial charge in [0.05, 0.1) is 5.33 Å². The van der Waals surface area contributed by atoms with Crippen LogP contribution in [0.1, 0.15) is 18.1 Å². The van der Waals surface area contributed by atoms with Crippen LogP contribution in [-0.4, -0.2) is 17.4 Å². The Labute approximate surface area is 104 Å². The minimum absolute atomic E-state index is 0.239. The van der Waals surface area contributed by atoms with E-state index in [1.54, 1.807) is 11.8 Å². The predicted octanol–water partition coefficient (Wildman–Crippen LogP) is 3.48. The Hall–Kier alpha value is -0.280. The summed E-state index contributed by atoms with van der Waals surface area (Å²) in [5, 5.41) is 0.444. The molecule has 1 aromatic carbocycles. The van der Waals surface area contributed by atoms with Crippen LogP contribution in [0.2, 0.25) is 0 Å². The normalized spacial score (nSPS) is 10.3. The summed E-state index contributed by atoms with van der Waals surface area (Å²) >= 11 is 4.95. The Morgan fingerprint density at radius 1 is 1.47 bits per heavy atom. The van der Waals surface area contributed by atoms with Crippen molar-refractivity contribution in [1.82, 2.24) is 0 Å². The van der Waals surface area contributed by atoms with Crippen molar-refractivity contribution in [3.8, 4) is 0 Å². The van der Waals surface area contributed by atoms with Crippen molar-refractivity contribution >= 4 is 33.5 Å². The number of carbonyl (C=O) groups excluding carboxylic acids is 1. The average Bonchev–Trinajstić information content (AvgIpc) is 2.28. The molecule has 0 atom stereocenters. The van der Waals surface area contributed by atoms with Crippen LogP contribution in [0, 0.1) is 0 Å². The molecule has 0 amide bonds. The Morgan fingerprint density at radius 3 is 2.73 bits per heavy atom. The lowest BCUT2D eigenvalue weighted by molar-refractivity contribution is -0.115. The highest BCUT2D eigenvalue weighted by atomic mass is 79.9. The van der Waals surface area contributed by atoms with Gasteiger partial charge in [-0.1, -0.05) is 35.0 Å². The van der Waals surface area contributed by atoms with E-state index in [9.17, 15) is 4.79 Å². The minimum atomic E-state index is 0.239. The molecule has 0 spiro atoms. The summed E-state index contributed by atoms with van der Waals surface area (Å²) in [5.74, 6) is 0.239. The van der Waals surface area contributed by atoms with Crippen molar-refractivity contribution in [2.24, 2.45) is 0 Å². The van der Waals surface area contributed by atoms with Gasteiger partial charge < -0.3 is 0 Å². The van der Waals surface area contributed by atoms with E-state index in [1.165, 1.54) is 16.0 Å². The zero-order valence-corrected chi connectivity index (χ0v) is 11.5. The van der Waals surface area contributed by atoms with Crippen LogP contribution in [0.15, 0.2) is 23.1 Å². The molecule has 0 radical (unpaired) electrons. The van der Waals surface area contributed by atoms with Gasteiger partial charge in [-0.15, -0.1) is 11.8 Å². The Morgan fingerprint density at radius 2 is 2.20 bits per heavy atom. The van der Waals surface area contributed by atoms with Crippen LogP contribution in [0.3, 0.4) is 0 Å². The van der Waals surface area contributed by atoms with Crippen LogP contribution in [-0.2, 0) is 17.6 Å². The molecule has 1 aromatic rings. The molecule has 0 bridgehead atoms. The van der Waals surface area contributed by atoms with E-state index < -0.39 is 0 Å². The summed E-state index contributed by atoms with van der Waals surface area (Å²) in [6.45, 7) is 2.14. The first-order valence-electron chi connectivity index (χ1n) is 4.95. The fourth-order valence-electron chi connectivity index (χ4n) is 1.63. The molecule has 1 nitrogen and oxygen atoms in total. The first-order chi connectivity index (χ1) is 7.22. The van der Waals surface area contributed by atoms with Crippen molar-refractivity contribution in [2.75, 3.05) is 11.6 Å². The molecule has 0 saturated heterocycles. The van der Waals surface area contributed by atoms with E-state index in [2.05, 4.69) is 41.2 Å². The molecule has 0 aliphatic carbocycles. The van der Waals surface area contributed by atoms with E-state index in [0.717, 1.165) is 6.42 Å². The molecule has 0 heterocycles. The molecule has 0 N–H and O–H groups in total. The highest BCUT2D eigenvalue weighted by Crippen LogP contribution is 2.24. The van der Waals surface area contributed by atoms with Gasteiger partial charge in [-0.3, -0.25) is 4.79 Å². The summed E-state index contributed by atoms with van der Waals surface area (Å²) in [6, 6.07) is 6.20. The van der Waals surface area contributed by atoms with Crippen molar-refractivity contribution in [3.63, 3.8) is 0 Å². The minimum Gasteiger partial charge on any atom is -0.298 e. The first-order valence-corrected chi connectivity index (χ1v) is 7.30. The van der Waals surface area contributed by atoms with Gasteiger partial charge in [0.15, 0.2) is 0 Å².